The van der Waals surface area contributed by atoms with Crippen molar-refractivity contribution in [1.82, 2.24) is 19.9 Å². The zero-order valence-electron chi connectivity index (χ0n) is 17.4. The van der Waals surface area contributed by atoms with Gasteiger partial charge in [0, 0.05) is 17.6 Å². The SMILES string of the molecule is Fc1ccc2nccc(C3CCN([C@@H](c4nc5c(F)c(F)c(F)cc5[nH]4)C(F)(F)F)CC3)c2c1. The van der Waals surface area contributed by atoms with Crippen LogP contribution in [0.2, 0.25) is 0 Å². The largest absolute Gasteiger partial charge is 0.411 e. The Kier molecular flexibility index (Phi) is 5.46. The maximum absolute atomic E-state index is 14.1. The van der Waals surface area contributed by atoms with Gasteiger partial charge in [0.25, 0.3) is 0 Å². The zero-order valence-corrected chi connectivity index (χ0v) is 17.4. The van der Waals surface area contributed by atoms with Crippen molar-refractivity contribution in [2.45, 2.75) is 31.0 Å². The number of nitrogens with zero attached hydrogens (tertiary/aromatic N) is 3. The first-order valence-corrected chi connectivity index (χ1v) is 10.5. The fourth-order valence-corrected chi connectivity index (χ4v) is 4.71. The first kappa shape index (κ1) is 22.6. The lowest BCUT2D eigenvalue weighted by atomic mass is 9.87. The molecule has 1 saturated heterocycles. The van der Waals surface area contributed by atoms with Gasteiger partial charge in [0.2, 0.25) is 0 Å². The van der Waals surface area contributed by atoms with Crippen LogP contribution in [0.4, 0.5) is 30.7 Å². The van der Waals surface area contributed by atoms with Crippen molar-refractivity contribution in [1.29, 1.82) is 0 Å². The lowest BCUT2D eigenvalue weighted by Gasteiger charge is -2.37. The van der Waals surface area contributed by atoms with E-state index >= 15 is 0 Å². The number of H-pyrrole nitrogens is 1. The smallest absolute Gasteiger partial charge is 0.340 e. The van der Waals surface area contributed by atoms with Crippen LogP contribution in [0.1, 0.15) is 36.2 Å². The van der Waals surface area contributed by atoms with Gasteiger partial charge in [-0.1, -0.05) is 0 Å². The maximum atomic E-state index is 14.1. The van der Waals surface area contributed by atoms with Crippen molar-refractivity contribution in [2.24, 2.45) is 0 Å². The quantitative estimate of drug-likeness (QED) is 0.281. The summed E-state index contributed by atoms with van der Waals surface area (Å²) in [6, 6.07) is 4.33. The van der Waals surface area contributed by atoms with Gasteiger partial charge < -0.3 is 4.98 Å². The zero-order chi connectivity index (χ0) is 24.2. The molecule has 178 valence electrons. The van der Waals surface area contributed by atoms with E-state index in [-0.39, 0.29) is 24.5 Å². The Balaban J connectivity index is 1.44. The molecule has 2 aromatic carbocycles. The van der Waals surface area contributed by atoms with Crippen LogP contribution in [0.5, 0.6) is 0 Å². The molecule has 1 fully saturated rings. The van der Waals surface area contributed by atoms with Crippen molar-refractivity contribution in [3.8, 4) is 0 Å². The van der Waals surface area contributed by atoms with E-state index < -0.39 is 46.8 Å². The van der Waals surface area contributed by atoms with Crippen molar-refractivity contribution in [2.75, 3.05) is 13.1 Å². The molecule has 0 saturated carbocycles. The molecule has 1 N–H and O–H groups in total. The minimum atomic E-state index is -4.78. The molecule has 4 aromatic rings. The van der Waals surface area contributed by atoms with E-state index in [1.54, 1.807) is 18.3 Å². The number of aromatic amines is 1. The predicted molar refractivity (Wildman–Crippen MR) is 110 cm³/mol. The average molecular weight is 482 g/mol. The maximum Gasteiger partial charge on any atom is 0.411 e. The predicted octanol–water partition coefficient (Wildman–Crippen LogP) is 6.15. The standard InChI is InChI=1S/C23H17F7N4/c24-12-1-2-16-14(9-12)13(3-6-31-16)11-4-7-34(8-5-11)21(23(28,29)30)22-32-17-10-15(25)18(26)19(27)20(17)33-22/h1-3,6,9-11,21H,4-5,7-8H2,(H,32,33)/t21-/m0/s1. The number of likely N-dealkylation sites (tertiary alicyclic amines) is 1. The lowest BCUT2D eigenvalue weighted by Crippen LogP contribution is -2.43. The summed E-state index contributed by atoms with van der Waals surface area (Å²) in [6.45, 7) is 0.0481. The summed E-state index contributed by atoms with van der Waals surface area (Å²) < 4.78 is 97.1. The second kappa shape index (κ2) is 8.23. The summed E-state index contributed by atoms with van der Waals surface area (Å²) in [5, 5.41) is 0.616. The number of imidazole rings is 1. The van der Waals surface area contributed by atoms with Crippen LogP contribution in [0.15, 0.2) is 36.5 Å². The highest BCUT2D eigenvalue weighted by Gasteiger charge is 2.47. The average Bonchev–Trinajstić information content (AvgIpc) is 3.20. The van der Waals surface area contributed by atoms with Gasteiger partial charge in [-0.2, -0.15) is 13.2 Å². The fourth-order valence-electron chi connectivity index (χ4n) is 4.71. The van der Waals surface area contributed by atoms with E-state index in [0.29, 0.717) is 29.8 Å². The molecule has 11 heteroatoms. The van der Waals surface area contributed by atoms with Gasteiger partial charge in [-0.05, 0) is 61.7 Å². The number of nitrogens with one attached hydrogen (secondary N) is 1. The number of fused-ring (bicyclic) bond motifs is 2. The molecule has 2 aromatic heterocycles. The monoisotopic (exact) mass is 482 g/mol. The first-order valence-electron chi connectivity index (χ1n) is 10.5. The number of rotatable bonds is 3. The molecular weight excluding hydrogens is 465 g/mol. The number of aromatic nitrogens is 3. The van der Waals surface area contributed by atoms with E-state index in [4.69, 9.17) is 0 Å². The first-order chi connectivity index (χ1) is 16.1. The van der Waals surface area contributed by atoms with Crippen LogP contribution < -0.4 is 0 Å². The minimum Gasteiger partial charge on any atom is -0.340 e. The van der Waals surface area contributed by atoms with Gasteiger partial charge in [0.15, 0.2) is 23.5 Å². The summed E-state index contributed by atoms with van der Waals surface area (Å²) >= 11 is 0. The molecule has 0 bridgehead atoms. The lowest BCUT2D eigenvalue weighted by molar-refractivity contribution is -0.191. The number of hydrogen-bond donors (Lipinski definition) is 1. The minimum absolute atomic E-state index is 0.0240. The van der Waals surface area contributed by atoms with E-state index in [1.165, 1.54) is 12.1 Å². The molecule has 0 unspecified atom stereocenters. The molecule has 1 aliphatic heterocycles. The third-order valence-corrected chi connectivity index (χ3v) is 6.27. The third-order valence-electron chi connectivity index (χ3n) is 6.27. The Morgan fingerprint density at radius 2 is 1.71 bits per heavy atom. The number of halogens is 7. The van der Waals surface area contributed by atoms with E-state index in [0.717, 1.165) is 10.5 Å². The number of pyridine rings is 1. The highest BCUT2D eigenvalue weighted by Crippen LogP contribution is 2.41. The third kappa shape index (κ3) is 3.87. The Morgan fingerprint density at radius 1 is 0.971 bits per heavy atom. The van der Waals surface area contributed by atoms with Crippen molar-refractivity contribution in [3.63, 3.8) is 0 Å². The topological polar surface area (TPSA) is 44.8 Å². The number of hydrogen-bond acceptors (Lipinski definition) is 3. The molecule has 5 rings (SSSR count). The fraction of sp³-hybridized carbons (Fsp3) is 0.304. The molecule has 3 heterocycles. The molecular formula is C23H17F7N4. The summed E-state index contributed by atoms with van der Waals surface area (Å²) in [7, 11) is 0. The van der Waals surface area contributed by atoms with E-state index in [9.17, 15) is 30.7 Å². The van der Waals surface area contributed by atoms with Crippen LogP contribution in [-0.2, 0) is 0 Å². The highest BCUT2D eigenvalue weighted by molar-refractivity contribution is 5.82. The van der Waals surface area contributed by atoms with Gasteiger partial charge in [-0.15, -0.1) is 0 Å². The van der Waals surface area contributed by atoms with E-state index in [1.807, 2.05) is 0 Å². The molecule has 34 heavy (non-hydrogen) atoms. The van der Waals surface area contributed by atoms with Gasteiger partial charge >= 0.3 is 6.18 Å². The van der Waals surface area contributed by atoms with Crippen LogP contribution >= 0.6 is 0 Å². The molecule has 1 atom stereocenters. The van der Waals surface area contributed by atoms with Crippen molar-refractivity contribution in [3.05, 3.63) is 71.2 Å². The Morgan fingerprint density at radius 3 is 2.41 bits per heavy atom. The van der Waals surface area contributed by atoms with Crippen LogP contribution in [-0.4, -0.2) is 39.1 Å². The Labute approximate surface area is 188 Å². The highest BCUT2D eigenvalue weighted by atomic mass is 19.4. The Bertz CT molecular complexity index is 1370. The van der Waals surface area contributed by atoms with Gasteiger partial charge in [-0.25, -0.2) is 22.5 Å². The van der Waals surface area contributed by atoms with Crippen LogP contribution in [0.3, 0.4) is 0 Å². The second-order valence-electron chi connectivity index (χ2n) is 8.32. The van der Waals surface area contributed by atoms with Gasteiger partial charge in [-0.3, -0.25) is 9.88 Å². The summed E-state index contributed by atoms with van der Waals surface area (Å²) in [5.41, 5.74) is 0.354. The molecule has 0 aliphatic carbocycles. The summed E-state index contributed by atoms with van der Waals surface area (Å²) in [6.07, 6.45) is -2.50. The van der Waals surface area contributed by atoms with Crippen molar-refractivity contribution < 1.29 is 30.7 Å². The Hall–Kier alpha value is -3.21. The number of benzene rings is 2. The van der Waals surface area contributed by atoms with Gasteiger partial charge in [0.05, 0.1) is 11.0 Å². The normalized spacial score (nSPS) is 17.0. The van der Waals surface area contributed by atoms with Gasteiger partial charge in [0.1, 0.15) is 17.2 Å². The van der Waals surface area contributed by atoms with Crippen molar-refractivity contribution >= 4 is 21.9 Å². The summed E-state index contributed by atoms with van der Waals surface area (Å²) in [5.74, 6) is -6.15. The number of piperidine rings is 1. The van der Waals surface area contributed by atoms with Crippen LogP contribution in [0.25, 0.3) is 21.9 Å². The molecule has 1 aliphatic rings. The molecule has 0 spiro atoms. The summed E-state index contributed by atoms with van der Waals surface area (Å²) in [4.78, 5) is 11.3. The van der Waals surface area contributed by atoms with Crippen LogP contribution in [0, 0.1) is 23.3 Å². The molecule has 0 amide bonds. The second-order valence-corrected chi connectivity index (χ2v) is 8.32. The van der Waals surface area contributed by atoms with E-state index in [2.05, 4.69) is 15.0 Å². The molecule has 0 radical (unpaired) electrons. The number of alkyl halides is 3. The molecule has 4 nitrogen and oxygen atoms in total.